The highest BCUT2D eigenvalue weighted by atomic mass is 31.2. The second-order valence-corrected chi connectivity index (χ2v) is 9.34. The molecule has 3 aromatic heterocycles. The molecule has 4 rings (SSSR count). The monoisotopic (exact) mass is 395 g/mol. The van der Waals surface area contributed by atoms with Gasteiger partial charge >= 0.3 is 0 Å². The molecule has 28 heavy (non-hydrogen) atoms. The van der Waals surface area contributed by atoms with Crippen LogP contribution in [0.15, 0.2) is 42.9 Å². The fourth-order valence-corrected chi connectivity index (χ4v) is 4.01. The molecule has 0 aromatic carbocycles. The van der Waals surface area contributed by atoms with Crippen LogP contribution in [0.4, 0.5) is 0 Å². The maximum absolute atomic E-state index is 11.9. The number of nitrogens with one attached hydrogen (secondary N) is 1. The topological polar surface area (TPSA) is 95.0 Å². The van der Waals surface area contributed by atoms with Crippen molar-refractivity contribution in [3.63, 3.8) is 0 Å². The average Bonchev–Trinajstić information content (AvgIpc) is 3.30. The van der Waals surface area contributed by atoms with Crippen molar-refractivity contribution in [2.75, 3.05) is 19.8 Å². The summed E-state index contributed by atoms with van der Waals surface area (Å²) in [6.07, 6.45) is 7.35. The summed E-state index contributed by atoms with van der Waals surface area (Å²) < 4.78 is 13.5. The fraction of sp³-hybridized carbons (Fsp3) is 0.250. The second-order valence-electron chi connectivity index (χ2n) is 7.10. The van der Waals surface area contributed by atoms with Crippen molar-refractivity contribution in [2.45, 2.75) is 13.8 Å². The summed E-state index contributed by atoms with van der Waals surface area (Å²) in [5.41, 5.74) is 6.68. The van der Waals surface area contributed by atoms with E-state index in [2.05, 4.69) is 26.0 Å². The number of aromatic amines is 1. The van der Waals surface area contributed by atoms with Gasteiger partial charge < -0.3 is 9.88 Å². The normalized spacial score (nSPS) is 16.8. The molecule has 1 aliphatic rings. The van der Waals surface area contributed by atoms with Crippen molar-refractivity contribution in [3.05, 3.63) is 59.8 Å². The zero-order chi connectivity index (χ0) is 19.9. The van der Waals surface area contributed by atoms with Gasteiger partial charge in [-0.05, 0) is 48.7 Å². The molecule has 8 heteroatoms. The Balaban J connectivity index is 1.64. The molecule has 1 aliphatic heterocycles. The zero-order valence-corrected chi connectivity index (χ0v) is 16.9. The van der Waals surface area contributed by atoms with Crippen molar-refractivity contribution in [3.8, 4) is 22.6 Å². The van der Waals surface area contributed by atoms with Crippen LogP contribution in [0.5, 0.6) is 0 Å². The van der Waals surface area contributed by atoms with E-state index in [0.717, 1.165) is 45.2 Å². The first kappa shape index (κ1) is 18.7. The molecule has 0 aliphatic carbocycles. The van der Waals surface area contributed by atoms with E-state index in [-0.39, 0.29) is 0 Å². The molecule has 7 nitrogen and oxygen atoms in total. The summed E-state index contributed by atoms with van der Waals surface area (Å²) in [6, 6.07) is 5.98. The number of H-pyrrole nitrogens is 1. The van der Waals surface area contributed by atoms with E-state index < -0.39 is 7.52 Å². The van der Waals surface area contributed by atoms with Crippen LogP contribution in [0.2, 0.25) is 0 Å². The minimum absolute atomic E-state index is 0.446. The Kier molecular flexibility index (Phi) is 4.75. The van der Waals surface area contributed by atoms with Gasteiger partial charge in [0.05, 0.1) is 5.69 Å². The summed E-state index contributed by atoms with van der Waals surface area (Å²) in [7, 11) is -3.24. The molecule has 0 bridgehead atoms. The number of rotatable bonds is 4. The average molecular weight is 395 g/mol. The number of nitrogens with zero attached hydrogens (tertiary/aromatic N) is 4. The molecule has 0 radical (unpaired) electrons. The van der Waals surface area contributed by atoms with E-state index >= 15 is 0 Å². The minimum atomic E-state index is -3.24. The Bertz CT molecular complexity index is 1100. The molecule has 3 aromatic rings. The maximum Gasteiger partial charge on any atom is 0.267 e. The van der Waals surface area contributed by atoms with Crippen LogP contribution in [-0.2, 0) is 4.57 Å². The van der Waals surface area contributed by atoms with Crippen LogP contribution in [0.3, 0.4) is 0 Å². The minimum Gasteiger partial charge on any atom is -0.341 e. The lowest BCUT2D eigenvalue weighted by Gasteiger charge is -2.18. The molecule has 144 valence electrons. The predicted molar refractivity (Wildman–Crippen MR) is 110 cm³/mol. The van der Waals surface area contributed by atoms with Gasteiger partial charge in [0, 0.05) is 49.6 Å². The highest BCUT2D eigenvalue weighted by Gasteiger charge is 2.26. The van der Waals surface area contributed by atoms with E-state index in [1.165, 1.54) is 6.66 Å². The van der Waals surface area contributed by atoms with Gasteiger partial charge in [0.2, 0.25) is 0 Å². The molecule has 1 unspecified atom stereocenters. The number of imidazole rings is 1. The molecule has 0 saturated carbocycles. The van der Waals surface area contributed by atoms with Crippen LogP contribution in [0.1, 0.15) is 17.0 Å². The summed E-state index contributed by atoms with van der Waals surface area (Å²) in [4.78, 5) is 26.4. The molecular weight excluding hydrogens is 373 g/mol. The molecule has 0 fully saturated rings. The Morgan fingerprint density at radius 1 is 1.18 bits per heavy atom. The van der Waals surface area contributed by atoms with Crippen molar-refractivity contribution in [1.29, 1.82) is 0 Å². The third-order valence-electron chi connectivity index (χ3n) is 5.00. The Labute approximate surface area is 163 Å². The highest BCUT2D eigenvalue weighted by molar-refractivity contribution is 7.54. The Morgan fingerprint density at radius 3 is 2.64 bits per heavy atom. The Hall–Kier alpha value is -2.60. The van der Waals surface area contributed by atoms with Crippen molar-refractivity contribution >= 4 is 13.1 Å². The van der Waals surface area contributed by atoms with Gasteiger partial charge in [0.15, 0.2) is 5.82 Å². The fourth-order valence-electron chi connectivity index (χ4n) is 3.22. The van der Waals surface area contributed by atoms with Gasteiger partial charge in [-0.1, -0.05) is 6.08 Å². The van der Waals surface area contributed by atoms with Gasteiger partial charge in [-0.3, -0.25) is 14.5 Å². The maximum atomic E-state index is 11.9. The third-order valence-corrected chi connectivity index (χ3v) is 6.35. The Morgan fingerprint density at radius 2 is 1.96 bits per heavy atom. The molecule has 1 atom stereocenters. The summed E-state index contributed by atoms with van der Waals surface area (Å²) >= 11 is 0. The quantitative estimate of drug-likeness (QED) is 0.655. The van der Waals surface area contributed by atoms with Crippen LogP contribution < -0.4 is 0 Å². The van der Waals surface area contributed by atoms with Gasteiger partial charge in [0.1, 0.15) is 5.69 Å². The zero-order valence-electron chi connectivity index (χ0n) is 16.0. The molecule has 4 heterocycles. The van der Waals surface area contributed by atoms with E-state index in [4.69, 9.17) is 0 Å². The molecule has 2 N–H and O–H groups in total. The van der Waals surface area contributed by atoms with Crippen molar-refractivity contribution < 1.29 is 9.46 Å². The van der Waals surface area contributed by atoms with Crippen LogP contribution >= 0.6 is 7.52 Å². The lowest BCUT2D eigenvalue weighted by atomic mass is 10.0. The van der Waals surface area contributed by atoms with Gasteiger partial charge in [-0.15, -0.1) is 0 Å². The van der Waals surface area contributed by atoms with Crippen molar-refractivity contribution in [1.82, 2.24) is 24.6 Å². The van der Waals surface area contributed by atoms with Gasteiger partial charge in [0.25, 0.3) is 7.52 Å². The summed E-state index contributed by atoms with van der Waals surface area (Å²) in [5, 5.41) is 0. The summed E-state index contributed by atoms with van der Waals surface area (Å²) in [6.45, 7) is 6.24. The van der Waals surface area contributed by atoms with Gasteiger partial charge in [-0.25, -0.2) is 9.65 Å². The molecule has 0 spiro atoms. The van der Waals surface area contributed by atoms with Crippen LogP contribution in [-0.4, -0.2) is 49.3 Å². The lowest BCUT2D eigenvalue weighted by Crippen LogP contribution is -2.16. The first-order chi connectivity index (χ1) is 13.3. The SMILES string of the molecule is Cc1nc(-c2cc(-c3cncc(C4=CCN(P(C)(=O)O)C4)c3)ccn2)[nH]c1C. The smallest absolute Gasteiger partial charge is 0.267 e. The second kappa shape index (κ2) is 7.09. The lowest BCUT2D eigenvalue weighted by molar-refractivity contribution is 0.398. The first-order valence-electron chi connectivity index (χ1n) is 9.01. The van der Waals surface area contributed by atoms with Gasteiger partial charge in [-0.2, -0.15) is 0 Å². The number of aryl methyl sites for hydroxylation is 2. The summed E-state index contributed by atoms with van der Waals surface area (Å²) in [5.74, 6) is 0.747. The third kappa shape index (κ3) is 3.69. The standard InChI is InChI=1S/C20H22N5O2P/c1-13-14(2)24-20(23-13)19-9-15(4-6-22-19)17-8-18(11-21-10-17)16-5-7-25(12-16)28(3,26)27/h4-6,8-11H,7,12H2,1-3H3,(H,23,24)(H,26,27). The first-order valence-corrected chi connectivity index (χ1v) is 11.1. The number of hydrogen-bond donors (Lipinski definition) is 2. The van der Waals surface area contributed by atoms with E-state index in [0.29, 0.717) is 13.1 Å². The number of hydrogen-bond acceptors (Lipinski definition) is 4. The van der Waals surface area contributed by atoms with Crippen molar-refractivity contribution in [2.24, 2.45) is 0 Å². The van der Waals surface area contributed by atoms with Crippen LogP contribution in [0, 0.1) is 13.8 Å². The molecule has 0 saturated heterocycles. The van der Waals surface area contributed by atoms with E-state index in [1.807, 2.05) is 38.3 Å². The number of pyridine rings is 2. The molecular formula is C20H22N5O2P. The largest absolute Gasteiger partial charge is 0.341 e. The van der Waals surface area contributed by atoms with Crippen LogP contribution in [0.25, 0.3) is 28.2 Å². The van der Waals surface area contributed by atoms with E-state index in [9.17, 15) is 9.46 Å². The predicted octanol–water partition coefficient (Wildman–Crippen LogP) is 3.66. The number of aromatic nitrogens is 4. The highest BCUT2D eigenvalue weighted by Crippen LogP contribution is 2.44. The van der Waals surface area contributed by atoms with E-state index in [1.54, 1.807) is 17.1 Å². The molecule has 0 amide bonds.